The van der Waals surface area contributed by atoms with Crippen LogP contribution in [0, 0.1) is 5.82 Å². The number of hydrogen-bond donors (Lipinski definition) is 1. The Morgan fingerprint density at radius 2 is 2.19 bits per heavy atom. The minimum absolute atomic E-state index is 0.0354. The molecule has 1 fully saturated rings. The molecular formula is C15H20BrFN2O2. The summed E-state index contributed by atoms with van der Waals surface area (Å²) in [4.78, 5) is 13.6. The van der Waals surface area contributed by atoms with Crippen molar-refractivity contribution >= 4 is 27.7 Å². The lowest BCUT2D eigenvalue weighted by atomic mass is 10.2. The highest BCUT2D eigenvalue weighted by atomic mass is 79.9. The number of likely N-dealkylation sites (tertiary alicyclic amines) is 1. The van der Waals surface area contributed by atoms with Gasteiger partial charge in [-0.15, -0.1) is 0 Å². The minimum atomic E-state index is -0.500. The molecule has 2 rings (SSSR count). The Kier molecular flexibility index (Phi) is 4.76. The molecule has 21 heavy (non-hydrogen) atoms. The van der Waals surface area contributed by atoms with Crippen molar-refractivity contribution in [3.05, 3.63) is 28.5 Å². The van der Waals surface area contributed by atoms with E-state index in [1.165, 1.54) is 6.07 Å². The second-order valence-electron chi connectivity index (χ2n) is 6.18. The van der Waals surface area contributed by atoms with E-state index in [0.717, 1.165) is 6.42 Å². The van der Waals surface area contributed by atoms with E-state index in [0.29, 0.717) is 23.2 Å². The molecule has 0 saturated carbocycles. The minimum Gasteiger partial charge on any atom is -0.444 e. The molecular weight excluding hydrogens is 339 g/mol. The average molecular weight is 359 g/mol. The Morgan fingerprint density at radius 3 is 2.81 bits per heavy atom. The Morgan fingerprint density at radius 1 is 1.48 bits per heavy atom. The Balaban J connectivity index is 1.92. The van der Waals surface area contributed by atoms with E-state index in [1.54, 1.807) is 17.0 Å². The predicted molar refractivity (Wildman–Crippen MR) is 83.9 cm³/mol. The van der Waals surface area contributed by atoms with Crippen LogP contribution >= 0.6 is 15.9 Å². The fraction of sp³-hybridized carbons (Fsp3) is 0.533. The fourth-order valence-corrected chi connectivity index (χ4v) is 2.53. The SMILES string of the molecule is CC(C)(C)OC(=O)N1CCC(Nc2ccc(Br)cc2F)C1. The molecule has 1 unspecified atom stereocenters. The molecule has 0 aromatic heterocycles. The molecule has 1 heterocycles. The molecule has 1 atom stereocenters. The Hall–Kier alpha value is -1.30. The highest BCUT2D eigenvalue weighted by molar-refractivity contribution is 9.10. The summed E-state index contributed by atoms with van der Waals surface area (Å²) in [6.45, 7) is 6.66. The van der Waals surface area contributed by atoms with Crippen LogP contribution in [0.2, 0.25) is 0 Å². The molecule has 0 spiro atoms. The summed E-state index contributed by atoms with van der Waals surface area (Å²) >= 11 is 3.23. The molecule has 1 saturated heterocycles. The molecule has 116 valence electrons. The highest BCUT2D eigenvalue weighted by Crippen LogP contribution is 2.23. The topological polar surface area (TPSA) is 41.6 Å². The summed E-state index contributed by atoms with van der Waals surface area (Å²) in [7, 11) is 0. The zero-order chi connectivity index (χ0) is 15.6. The quantitative estimate of drug-likeness (QED) is 0.868. The van der Waals surface area contributed by atoms with Crippen LogP contribution in [0.15, 0.2) is 22.7 Å². The van der Waals surface area contributed by atoms with Gasteiger partial charge in [0.15, 0.2) is 0 Å². The number of hydrogen-bond acceptors (Lipinski definition) is 3. The van der Waals surface area contributed by atoms with E-state index in [1.807, 2.05) is 20.8 Å². The van der Waals surface area contributed by atoms with Crippen molar-refractivity contribution in [1.82, 2.24) is 4.90 Å². The number of halogens is 2. The van der Waals surface area contributed by atoms with Crippen molar-refractivity contribution in [2.24, 2.45) is 0 Å². The molecule has 0 bridgehead atoms. The standard InChI is InChI=1S/C15H20BrFN2O2/c1-15(2,3)21-14(20)19-7-6-11(9-19)18-13-5-4-10(16)8-12(13)17/h4-5,8,11,18H,6-7,9H2,1-3H3. The summed E-state index contributed by atoms with van der Waals surface area (Å²) in [5.74, 6) is -0.305. The maximum absolute atomic E-state index is 13.8. The summed E-state index contributed by atoms with van der Waals surface area (Å²) in [5.41, 5.74) is -0.0466. The van der Waals surface area contributed by atoms with Crippen LogP contribution < -0.4 is 5.32 Å². The van der Waals surface area contributed by atoms with Crippen LogP contribution in [0.5, 0.6) is 0 Å². The number of ether oxygens (including phenoxy) is 1. The van der Waals surface area contributed by atoms with Crippen molar-refractivity contribution in [3.8, 4) is 0 Å². The molecule has 6 heteroatoms. The van der Waals surface area contributed by atoms with Gasteiger partial charge in [0.25, 0.3) is 0 Å². The maximum Gasteiger partial charge on any atom is 0.410 e. The number of nitrogens with one attached hydrogen (secondary N) is 1. The van der Waals surface area contributed by atoms with E-state index in [9.17, 15) is 9.18 Å². The number of carbonyl (C=O) groups excluding carboxylic acids is 1. The monoisotopic (exact) mass is 358 g/mol. The molecule has 1 aliphatic rings. The number of rotatable bonds is 2. The summed E-state index contributed by atoms with van der Waals surface area (Å²) < 4.78 is 19.8. The van der Waals surface area contributed by atoms with Crippen LogP contribution in [0.25, 0.3) is 0 Å². The average Bonchev–Trinajstić information content (AvgIpc) is 2.79. The van der Waals surface area contributed by atoms with Crippen molar-refractivity contribution in [2.45, 2.75) is 38.8 Å². The van der Waals surface area contributed by atoms with Crippen molar-refractivity contribution < 1.29 is 13.9 Å². The maximum atomic E-state index is 13.8. The van der Waals surface area contributed by atoms with Crippen LogP contribution in [0.4, 0.5) is 14.9 Å². The van der Waals surface area contributed by atoms with Gasteiger partial charge in [-0.1, -0.05) is 15.9 Å². The molecule has 1 aromatic rings. The smallest absolute Gasteiger partial charge is 0.410 e. The van der Waals surface area contributed by atoms with E-state index in [4.69, 9.17) is 4.74 Å². The normalized spacial score (nSPS) is 18.7. The highest BCUT2D eigenvalue weighted by Gasteiger charge is 2.29. The summed E-state index contributed by atoms with van der Waals surface area (Å²) in [6, 6.07) is 4.93. The second kappa shape index (κ2) is 6.22. The third-order valence-electron chi connectivity index (χ3n) is 3.13. The number of anilines is 1. The van der Waals surface area contributed by atoms with E-state index < -0.39 is 5.60 Å². The Labute approximate surface area is 132 Å². The summed E-state index contributed by atoms with van der Waals surface area (Å²) in [5, 5.41) is 3.14. The van der Waals surface area contributed by atoms with Gasteiger partial charge in [-0.3, -0.25) is 0 Å². The molecule has 1 N–H and O–H groups in total. The van der Waals surface area contributed by atoms with E-state index in [-0.39, 0.29) is 18.0 Å². The van der Waals surface area contributed by atoms with Gasteiger partial charge in [0.2, 0.25) is 0 Å². The van der Waals surface area contributed by atoms with Crippen LogP contribution in [-0.2, 0) is 4.74 Å². The first-order chi connectivity index (χ1) is 9.74. The fourth-order valence-electron chi connectivity index (χ4n) is 2.20. The first-order valence-electron chi connectivity index (χ1n) is 6.94. The van der Waals surface area contributed by atoms with Gasteiger partial charge in [0.05, 0.1) is 5.69 Å². The van der Waals surface area contributed by atoms with Crippen molar-refractivity contribution in [2.75, 3.05) is 18.4 Å². The zero-order valence-electron chi connectivity index (χ0n) is 12.5. The molecule has 0 radical (unpaired) electrons. The van der Waals surface area contributed by atoms with Crippen LogP contribution in [0.3, 0.4) is 0 Å². The summed E-state index contributed by atoms with van der Waals surface area (Å²) in [6.07, 6.45) is 0.456. The lowest BCUT2D eigenvalue weighted by Crippen LogP contribution is -2.36. The lowest BCUT2D eigenvalue weighted by Gasteiger charge is -2.24. The van der Waals surface area contributed by atoms with Crippen molar-refractivity contribution in [3.63, 3.8) is 0 Å². The van der Waals surface area contributed by atoms with Gasteiger partial charge in [0.1, 0.15) is 11.4 Å². The predicted octanol–water partition coefficient (Wildman–Crippen LogP) is 4.01. The number of nitrogens with zero attached hydrogens (tertiary/aromatic N) is 1. The van der Waals surface area contributed by atoms with Gasteiger partial charge in [-0.2, -0.15) is 0 Å². The van der Waals surface area contributed by atoms with Crippen molar-refractivity contribution in [1.29, 1.82) is 0 Å². The van der Waals surface area contributed by atoms with Crippen LogP contribution in [-0.4, -0.2) is 35.7 Å². The number of benzene rings is 1. The zero-order valence-corrected chi connectivity index (χ0v) is 14.0. The lowest BCUT2D eigenvalue weighted by molar-refractivity contribution is 0.0293. The molecule has 1 aromatic carbocycles. The largest absolute Gasteiger partial charge is 0.444 e. The third-order valence-corrected chi connectivity index (χ3v) is 3.62. The second-order valence-corrected chi connectivity index (χ2v) is 7.10. The van der Waals surface area contributed by atoms with E-state index in [2.05, 4.69) is 21.2 Å². The van der Waals surface area contributed by atoms with Gasteiger partial charge >= 0.3 is 6.09 Å². The molecule has 4 nitrogen and oxygen atoms in total. The third kappa shape index (κ3) is 4.59. The molecule has 1 aliphatic heterocycles. The van der Waals surface area contributed by atoms with Gasteiger partial charge in [-0.05, 0) is 45.4 Å². The number of carbonyl (C=O) groups is 1. The first-order valence-corrected chi connectivity index (χ1v) is 7.73. The van der Waals surface area contributed by atoms with Gasteiger partial charge < -0.3 is 15.0 Å². The van der Waals surface area contributed by atoms with E-state index >= 15 is 0 Å². The molecule has 1 amide bonds. The molecule has 0 aliphatic carbocycles. The first kappa shape index (κ1) is 16.1. The number of amides is 1. The van der Waals surface area contributed by atoms with Gasteiger partial charge in [-0.25, -0.2) is 9.18 Å². The van der Waals surface area contributed by atoms with Gasteiger partial charge in [0, 0.05) is 23.6 Å². The Bertz CT molecular complexity index is 531. The van der Waals surface area contributed by atoms with Crippen LogP contribution in [0.1, 0.15) is 27.2 Å².